The summed E-state index contributed by atoms with van der Waals surface area (Å²) in [6.45, 7) is 4.73. The summed E-state index contributed by atoms with van der Waals surface area (Å²) < 4.78 is 0. The smallest absolute Gasteiger partial charge is 0.0443 e. The summed E-state index contributed by atoms with van der Waals surface area (Å²) in [5.74, 6) is 2.04. The maximum Gasteiger partial charge on any atom is -0.0443 e. The largest absolute Gasteiger partial charge is 0.255 e. The lowest BCUT2D eigenvalue weighted by molar-refractivity contribution is -0.176. The highest BCUT2D eigenvalue weighted by Gasteiger charge is 2.13. The fourth-order valence-electron chi connectivity index (χ4n) is 1.43. The Hall–Kier alpha value is -0.0800. The fraction of sp³-hybridized carbons (Fsp3) is 1.00. The van der Waals surface area contributed by atoms with Crippen molar-refractivity contribution in [1.29, 1.82) is 0 Å². The van der Waals surface area contributed by atoms with Gasteiger partial charge in [-0.25, -0.2) is 0 Å². The van der Waals surface area contributed by atoms with Crippen LogP contribution in [-0.4, -0.2) is 10.5 Å². The summed E-state index contributed by atoms with van der Waals surface area (Å²) in [4.78, 5) is 0. The van der Waals surface area contributed by atoms with Crippen LogP contribution in [0.4, 0.5) is 0 Å². The van der Waals surface area contributed by atoms with E-state index in [9.17, 15) is 0 Å². The standard InChI is InChI=1S/C8H16.H2O2/c1-7-3-5-8(2)6-4-7;1-2/h7-8H,3-6H2,1-2H3;1-2H. The molecule has 1 aliphatic carbocycles. The van der Waals surface area contributed by atoms with E-state index in [1.54, 1.807) is 0 Å². The van der Waals surface area contributed by atoms with Crippen LogP contribution >= 0.6 is 0 Å². The van der Waals surface area contributed by atoms with E-state index in [2.05, 4.69) is 13.8 Å². The lowest BCUT2D eigenvalue weighted by Crippen LogP contribution is -2.08. The molecule has 0 bridgehead atoms. The summed E-state index contributed by atoms with van der Waals surface area (Å²) in [7, 11) is 0. The molecule has 2 N–H and O–H groups in total. The highest BCUT2D eigenvalue weighted by Crippen LogP contribution is 2.27. The summed E-state index contributed by atoms with van der Waals surface area (Å²) in [5.41, 5.74) is 0. The molecule has 1 fully saturated rings. The first kappa shape index (κ1) is 9.92. The molecule has 0 radical (unpaired) electrons. The Morgan fingerprint density at radius 3 is 1.20 bits per heavy atom. The molecule has 0 spiro atoms. The minimum atomic E-state index is 1.02. The quantitative estimate of drug-likeness (QED) is 0.407. The summed E-state index contributed by atoms with van der Waals surface area (Å²) >= 11 is 0. The molecule has 0 aromatic carbocycles. The van der Waals surface area contributed by atoms with E-state index in [0.29, 0.717) is 0 Å². The average Bonchev–Trinajstić information content (AvgIpc) is 2.00. The van der Waals surface area contributed by atoms with E-state index < -0.39 is 0 Å². The third-order valence-electron chi connectivity index (χ3n) is 2.30. The van der Waals surface area contributed by atoms with Crippen molar-refractivity contribution in [2.45, 2.75) is 39.5 Å². The molecule has 0 aromatic heterocycles. The molecule has 0 aromatic rings. The van der Waals surface area contributed by atoms with Gasteiger partial charge >= 0.3 is 0 Å². The third-order valence-corrected chi connectivity index (χ3v) is 2.30. The SMILES string of the molecule is CC1CCC(C)CC1.OO. The Kier molecular flexibility index (Phi) is 5.64. The van der Waals surface area contributed by atoms with Gasteiger partial charge in [-0.05, 0) is 11.8 Å². The van der Waals surface area contributed by atoms with E-state index in [-0.39, 0.29) is 0 Å². The van der Waals surface area contributed by atoms with Crippen molar-refractivity contribution in [2.24, 2.45) is 11.8 Å². The lowest BCUT2D eigenvalue weighted by Gasteiger charge is -2.22. The molecule has 0 atom stereocenters. The summed E-state index contributed by atoms with van der Waals surface area (Å²) in [6, 6.07) is 0. The molecule has 1 aliphatic rings. The van der Waals surface area contributed by atoms with Crippen molar-refractivity contribution in [2.75, 3.05) is 0 Å². The average molecular weight is 146 g/mol. The molecule has 0 saturated heterocycles. The number of hydrogen-bond acceptors (Lipinski definition) is 2. The Balaban J connectivity index is 0.000000371. The van der Waals surface area contributed by atoms with Gasteiger partial charge in [0.15, 0.2) is 0 Å². The minimum absolute atomic E-state index is 1.02. The van der Waals surface area contributed by atoms with Gasteiger partial charge in [-0.1, -0.05) is 39.5 Å². The molecule has 2 heteroatoms. The Labute approximate surface area is 62.8 Å². The minimum Gasteiger partial charge on any atom is -0.255 e. The number of hydrogen-bond donors (Lipinski definition) is 2. The monoisotopic (exact) mass is 146 g/mol. The van der Waals surface area contributed by atoms with E-state index >= 15 is 0 Å². The first-order valence-corrected chi connectivity index (χ1v) is 3.99. The van der Waals surface area contributed by atoms with Gasteiger partial charge in [0, 0.05) is 0 Å². The maximum absolute atomic E-state index is 6.00. The Morgan fingerprint density at radius 1 is 0.800 bits per heavy atom. The number of rotatable bonds is 0. The summed E-state index contributed by atoms with van der Waals surface area (Å²) in [5, 5.41) is 12.0. The Bertz CT molecular complexity index is 55.7. The van der Waals surface area contributed by atoms with Crippen LogP contribution in [0.2, 0.25) is 0 Å². The van der Waals surface area contributed by atoms with Gasteiger partial charge in [0.25, 0.3) is 0 Å². The van der Waals surface area contributed by atoms with Crippen LogP contribution in [0, 0.1) is 11.8 Å². The second kappa shape index (κ2) is 5.69. The molecule has 1 rings (SSSR count). The molecule has 10 heavy (non-hydrogen) atoms. The normalized spacial score (nSPS) is 32.4. The molecule has 0 amide bonds. The van der Waals surface area contributed by atoms with Crippen molar-refractivity contribution >= 4 is 0 Å². The van der Waals surface area contributed by atoms with Crippen LogP contribution in [0.15, 0.2) is 0 Å². The zero-order valence-corrected chi connectivity index (χ0v) is 6.88. The summed E-state index contributed by atoms with van der Waals surface area (Å²) in [6.07, 6.45) is 5.89. The highest BCUT2D eigenvalue weighted by atomic mass is 17.0. The molecule has 0 heterocycles. The van der Waals surface area contributed by atoms with Crippen molar-refractivity contribution in [3.05, 3.63) is 0 Å². The van der Waals surface area contributed by atoms with Crippen LogP contribution in [-0.2, 0) is 0 Å². The van der Waals surface area contributed by atoms with Gasteiger partial charge in [-0.15, -0.1) is 0 Å². The van der Waals surface area contributed by atoms with Crippen LogP contribution < -0.4 is 0 Å². The Morgan fingerprint density at radius 2 is 1.00 bits per heavy atom. The topological polar surface area (TPSA) is 40.5 Å². The van der Waals surface area contributed by atoms with Crippen LogP contribution in [0.5, 0.6) is 0 Å². The second-order valence-electron chi connectivity index (χ2n) is 3.37. The van der Waals surface area contributed by atoms with Gasteiger partial charge in [-0.2, -0.15) is 0 Å². The van der Waals surface area contributed by atoms with Gasteiger partial charge in [0.2, 0.25) is 0 Å². The molecule has 2 nitrogen and oxygen atoms in total. The lowest BCUT2D eigenvalue weighted by atomic mass is 9.84. The predicted octanol–water partition coefficient (Wildman–Crippen LogP) is 2.85. The van der Waals surface area contributed by atoms with E-state index in [0.717, 1.165) is 11.8 Å². The van der Waals surface area contributed by atoms with E-state index in [1.165, 1.54) is 25.7 Å². The van der Waals surface area contributed by atoms with Crippen LogP contribution in [0.25, 0.3) is 0 Å². The van der Waals surface area contributed by atoms with Crippen LogP contribution in [0.1, 0.15) is 39.5 Å². The van der Waals surface area contributed by atoms with E-state index in [4.69, 9.17) is 10.5 Å². The molecule has 0 unspecified atom stereocenters. The first-order chi connectivity index (χ1) is 4.79. The molecule has 1 saturated carbocycles. The highest BCUT2D eigenvalue weighted by molar-refractivity contribution is 4.65. The van der Waals surface area contributed by atoms with Gasteiger partial charge < -0.3 is 0 Å². The van der Waals surface area contributed by atoms with Gasteiger partial charge in [0.1, 0.15) is 0 Å². The van der Waals surface area contributed by atoms with Crippen molar-refractivity contribution in [1.82, 2.24) is 0 Å². The van der Waals surface area contributed by atoms with Gasteiger partial charge in [-0.3, -0.25) is 10.5 Å². The fourth-order valence-corrected chi connectivity index (χ4v) is 1.43. The van der Waals surface area contributed by atoms with E-state index in [1.807, 2.05) is 0 Å². The molecule has 0 aliphatic heterocycles. The maximum atomic E-state index is 6.00. The second-order valence-corrected chi connectivity index (χ2v) is 3.37. The predicted molar refractivity (Wildman–Crippen MR) is 42.1 cm³/mol. The molecular weight excluding hydrogens is 128 g/mol. The van der Waals surface area contributed by atoms with Gasteiger partial charge in [0.05, 0.1) is 0 Å². The molecular formula is C8H18O2. The molecule has 62 valence electrons. The van der Waals surface area contributed by atoms with Crippen molar-refractivity contribution in [3.8, 4) is 0 Å². The zero-order chi connectivity index (χ0) is 7.98. The first-order valence-electron chi connectivity index (χ1n) is 3.99. The third kappa shape index (κ3) is 3.85. The van der Waals surface area contributed by atoms with Crippen molar-refractivity contribution < 1.29 is 10.5 Å². The zero-order valence-electron chi connectivity index (χ0n) is 6.88. The van der Waals surface area contributed by atoms with Crippen molar-refractivity contribution in [3.63, 3.8) is 0 Å². The van der Waals surface area contributed by atoms with Crippen LogP contribution in [0.3, 0.4) is 0 Å².